The zero-order valence-corrected chi connectivity index (χ0v) is 9.12. The predicted molar refractivity (Wildman–Crippen MR) is 55.9 cm³/mol. The largest absolute Gasteiger partial charge is 0.498 e. The third-order valence-electron chi connectivity index (χ3n) is 1.57. The SMILES string of the molecule is CCCC=COCCOC(=O)CCC. The summed E-state index contributed by atoms with van der Waals surface area (Å²) in [4.78, 5) is 10.9. The van der Waals surface area contributed by atoms with E-state index in [1.807, 2.05) is 13.0 Å². The van der Waals surface area contributed by atoms with Crippen molar-refractivity contribution in [1.82, 2.24) is 0 Å². The molecule has 3 heteroatoms. The lowest BCUT2D eigenvalue weighted by Crippen LogP contribution is -2.08. The second kappa shape index (κ2) is 10.1. The van der Waals surface area contributed by atoms with Crippen molar-refractivity contribution in [2.45, 2.75) is 39.5 Å². The maximum absolute atomic E-state index is 10.9. The molecule has 0 spiro atoms. The summed E-state index contributed by atoms with van der Waals surface area (Å²) in [5.74, 6) is -0.145. The third-order valence-corrected chi connectivity index (χ3v) is 1.57. The quantitative estimate of drug-likeness (QED) is 0.343. The summed E-state index contributed by atoms with van der Waals surface area (Å²) in [5.41, 5.74) is 0. The van der Waals surface area contributed by atoms with Gasteiger partial charge in [0.1, 0.15) is 13.2 Å². The van der Waals surface area contributed by atoms with Crippen LogP contribution < -0.4 is 0 Å². The van der Waals surface area contributed by atoms with E-state index < -0.39 is 0 Å². The van der Waals surface area contributed by atoms with Gasteiger partial charge in [0.2, 0.25) is 0 Å². The fourth-order valence-corrected chi connectivity index (χ4v) is 0.851. The van der Waals surface area contributed by atoms with Crippen LogP contribution in [0.3, 0.4) is 0 Å². The molecule has 0 aliphatic rings. The normalized spacial score (nSPS) is 10.4. The smallest absolute Gasteiger partial charge is 0.305 e. The van der Waals surface area contributed by atoms with Crippen LogP contribution in [0.5, 0.6) is 0 Å². The van der Waals surface area contributed by atoms with Gasteiger partial charge >= 0.3 is 5.97 Å². The molecular weight excluding hydrogens is 180 g/mol. The zero-order valence-electron chi connectivity index (χ0n) is 9.12. The summed E-state index contributed by atoms with van der Waals surface area (Å²) in [6.07, 6.45) is 7.09. The molecule has 0 heterocycles. The fourth-order valence-electron chi connectivity index (χ4n) is 0.851. The van der Waals surface area contributed by atoms with Crippen molar-refractivity contribution < 1.29 is 14.3 Å². The highest BCUT2D eigenvalue weighted by atomic mass is 16.6. The predicted octanol–water partition coefficient (Wildman–Crippen LogP) is 2.66. The monoisotopic (exact) mass is 200 g/mol. The van der Waals surface area contributed by atoms with E-state index in [2.05, 4.69) is 6.92 Å². The van der Waals surface area contributed by atoms with Crippen LogP contribution in [-0.2, 0) is 14.3 Å². The molecule has 0 aromatic heterocycles. The Kier molecular flexibility index (Phi) is 9.38. The van der Waals surface area contributed by atoms with Crippen LogP contribution in [0.2, 0.25) is 0 Å². The Morgan fingerprint density at radius 1 is 1.21 bits per heavy atom. The summed E-state index contributed by atoms with van der Waals surface area (Å²) >= 11 is 0. The van der Waals surface area contributed by atoms with Crippen molar-refractivity contribution in [3.63, 3.8) is 0 Å². The second-order valence-electron chi connectivity index (χ2n) is 3.00. The fraction of sp³-hybridized carbons (Fsp3) is 0.727. The Bertz CT molecular complexity index is 164. The molecule has 0 aromatic rings. The van der Waals surface area contributed by atoms with E-state index in [0.717, 1.165) is 19.3 Å². The lowest BCUT2D eigenvalue weighted by atomic mass is 10.3. The highest BCUT2D eigenvalue weighted by Crippen LogP contribution is 1.92. The first-order valence-electron chi connectivity index (χ1n) is 5.23. The maximum Gasteiger partial charge on any atom is 0.305 e. The molecule has 0 rings (SSSR count). The van der Waals surface area contributed by atoms with Gasteiger partial charge < -0.3 is 9.47 Å². The van der Waals surface area contributed by atoms with Gasteiger partial charge in [0.05, 0.1) is 6.26 Å². The first-order valence-corrected chi connectivity index (χ1v) is 5.23. The van der Waals surface area contributed by atoms with E-state index >= 15 is 0 Å². The van der Waals surface area contributed by atoms with E-state index in [-0.39, 0.29) is 5.97 Å². The first-order chi connectivity index (χ1) is 6.81. The molecule has 0 atom stereocenters. The summed E-state index contributed by atoms with van der Waals surface area (Å²) < 4.78 is 10.00. The van der Waals surface area contributed by atoms with E-state index in [1.165, 1.54) is 0 Å². The summed E-state index contributed by atoms with van der Waals surface area (Å²) in [7, 11) is 0. The molecular formula is C11H20O3. The number of allylic oxidation sites excluding steroid dienone is 1. The van der Waals surface area contributed by atoms with Crippen LogP contribution in [0.25, 0.3) is 0 Å². The third kappa shape index (κ3) is 9.10. The molecule has 0 aromatic carbocycles. The number of hydrogen-bond acceptors (Lipinski definition) is 3. The van der Waals surface area contributed by atoms with Crippen molar-refractivity contribution in [1.29, 1.82) is 0 Å². The van der Waals surface area contributed by atoms with Crippen LogP contribution >= 0.6 is 0 Å². The Balaban J connectivity index is 3.16. The molecule has 0 radical (unpaired) electrons. The number of carbonyl (C=O) groups excluding carboxylic acids is 1. The van der Waals surface area contributed by atoms with Crippen LogP contribution in [-0.4, -0.2) is 19.2 Å². The Hall–Kier alpha value is -0.990. The molecule has 0 aliphatic heterocycles. The first kappa shape index (κ1) is 13.0. The summed E-state index contributed by atoms with van der Waals surface area (Å²) in [6, 6.07) is 0. The van der Waals surface area contributed by atoms with Crippen LogP contribution in [0.4, 0.5) is 0 Å². The van der Waals surface area contributed by atoms with Gasteiger partial charge in [-0.1, -0.05) is 20.3 Å². The molecule has 14 heavy (non-hydrogen) atoms. The lowest BCUT2D eigenvalue weighted by molar-refractivity contribution is -0.144. The topological polar surface area (TPSA) is 35.5 Å². The molecule has 0 aliphatic carbocycles. The minimum absolute atomic E-state index is 0.145. The van der Waals surface area contributed by atoms with E-state index in [0.29, 0.717) is 19.6 Å². The molecule has 0 N–H and O–H groups in total. The maximum atomic E-state index is 10.9. The molecule has 82 valence electrons. The van der Waals surface area contributed by atoms with E-state index in [1.54, 1.807) is 6.26 Å². The molecule has 0 saturated heterocycles. The van der Waals surface area contributed by atoms with Gasteiger partial charge in [-0.3, -0.25) is 4.79 Å². The molecule has 0 bridgehead atoms. The number of unbranched alkanes of at least 4 members (excludes halogenated alkanes) is 1. The second-order valence-corrected chi connectivity index (χ2v) is 3.00. The van der Waals surface area contributed by atoms with Crippen LogP contribution in [0, 0.1) is 0 Å². The average Bonchev–Trinajstić information content (AvgIpc) is 2.17. The molecule has 0 saturated carbocycles. The van der Waals surface area contributed by atoms with Crippen LogP contribution in [0.1, 0.15) is 39.5 Å². The molecule has 0 amide bonds. The van der Waals surface area contributed by atoms with E-state index in [4.69, 9.17) is 9.47 Å². The van der Waals surface area contributed by atoms with Gasteiger partial charge in [0, 0.05) is 6.42 Å². The van der Waals surface area contributed by atoms with E-state index in [9.17, 15) is 4.79 Å². The number of hydrogen-bond donors (Lipinski definition) is 0. The van der Waals surface area contributed by atoms with Gasteiger partial charge in [-0.05, 0) is 18.9 Å². The van der Waals surface area contributed by atoms with Crippen LogP contribution in [0.15, 0.2) is 12.3 Å². The molecule has 0 unspecified atom stereocenters. The van der Waals surface area contributed by atoms with Gasteiger partial charge in [0.25, 0.3) is 0 Å². The summed E-state index contributed by atoms with van der Waals surface area (Å²) in [5, 5.41) is 0. The highest BCUT2D eigenvalue weighted by molar-refractivity contribution is 5.69. The number of ether oxygens (including phenoxy) is 2. The highest BCUT2D eigenvalue weighted by Gasteiger charge is 1.98. The van der Waals surface area contributed by atoms with Gasteiger partial charge in [-0.15, -0.1) is 0 Å². The van der Waals surface area contributed by atoms with Crippen molar-refractivity contribution in [2.24, 2.45) is 0 Å². The van der Waals surface area contributed by atoms with Crippen molar-refractivity contribution in [3.8, 4) is 0 Å². The van der Waals surface area contributed by atoms with Gasteiger partial charge in [0.15, 0.2) is 0 Å². The summed E-state index contributed by atoms with van der Waals surface area (Å²) in [6.45, 7) is 4.84. The standard InChI is InChI=1S/C11H20O3/c1-3-5-6-8-13-9-10-14-11(12)7-4-2/h6,8H,3-5,7,9-10H2,1-2H3. The molecule has 3 nitrogen and oxygen atoms in total. The zero-order chi connectivity index (χ0) is 10.6. The van der Waals surface area contributed by atoms with Gasteiger partial charge in [-0.2, -0.15) is 0 Å². The Morgan fingerprint density at radius 3 is 2.64 bits per heavy atom. The minimum Gasteiger partial charge on any atom is -0.498 e. The number of rotatable bonds is 8. The number of carbonyl (C=O) groups is 1. The molecule has 0 fully saturated rings. The number of esters is 1. The lowest BCUT2D eigenvalue weighted by Gasteiger charge is -2.03. The Morgan fingerprint density at radius 2 is 2.00 bits per heavy atom. The van der Waals surface area contributed by atoms with Gasteiger partial charge in [-0.25, -0.2) is 0 Å². The Labute approximate surface area is 86.1 Å². The average molecular weight is 200 g/mol. The van der Waals surface area contributed by atoms with Crippen molar-refractivity contribution >= 4 is 5.97 Å². The minimum atomic E-state index is -0.145. The van der Waals surface area contributed by atoms with Crippen molar-refractivity contribution in [3.05, 3.63) is 12.3 Å². The van der Waals surface area contributed by atoms with Crippen molar-refractivity contribution in [2.75, 3.05) is 13.2 Å².